The van der Waals surface area contributed by atoms with Gasteiger partial charge in [-0.05, 0) is 18.2 Å². The van der Waals surface area contributed by atoms with Crippen molar-refractivity contribution in [3.63, 3.8) is 0 Å². The Morgan fingerprint density at radius 3 is 2.50 bits per heavy atom. The number of halogens is 5. The summed E-state index contributed by atoms with van der Waals surface area (Å²) < 4.78 is 51.5. The number of aromatic nitrogens is 1. The number of pyridine rings is 1. The van der Waals surface area contributed by atoms with E-state index in [9.17, 15) is 17.6 Å². The first-order valence-electron chi connectivity index (χ1n) is 4.88. The molecule has 0 bridgehead atoms. The van der Waals surface area contributed by atoms with Gasteiger partial charge >= 0.3 is 6.18 Å². The molecule has 0 saturated heterocycles. The van der Waals surface area contributed by atoms with Crippen molar-refractivity contribution in [1.29, 1.82) is 0 Å². The number of nitrogens with zero attached hydrogens (tertiary/aromatic N) is 1. The molecule has 0 spiro atoms. The van der Waals surface area contributed by atoms with E-state index in [1.807, 2.05) is 0 Å². The van der Waals surface area contributed by atoms with Crippen LogP contribution in [0.5, 0.6) is 0 Å². The van der Waals surface area contributed by atoms with Gasteiger partial charge in [0.05, 0.1) is 15.9 Å². The zero-order valence-electron chi connectivity index (χ0n) is 9.07. The van der Waals surface area contributed by atoms with Gasteiger partial charge in [0, 0.05) is 12.7 Å². The van der Waals surface area contributed by atoms with Gasteiger partial charge in [-0.25, -0.2) is 9.37 Å². The molecule has 96 valence electrons. The van der Waals surface area contributed by atoms with Crippen LogP contribution in [-0.4, -0.2) is 12.0 Å². The lowest BCUT2D eigenvalue weighted by Crippen LogP contribution is -2.09. The van der Waals surface area contributed by atoms with Crippen LogP contribution in [0, 0.1) is 5.82 Å². The van der Waals surface area contributed by atoms with Crippen LogP contribution < -0.4 is 5.32 Å². The van der Waals surface area contributed by atoms with Gasteiger partial charge in [-0.3, -0.25) is 0 Å². The number of anilines is 1. The number of benzene rings is 1. The van der Waals surface area contributed by atoms with Gasteiger partial charge in [-0.2, -0.15) is 13.2 Å². The van der Waals surface area contributed by atoms with E-state index < -0.39 is 17.7 Å². The summed E-state index contributed by atoms with van der Waals surface area (Å²) in [6.45, 7) is 0. The van der Waals surface area contributed by atoms with Crippen LogP contribution in [-0.2, 0) is 6.18 Å². The van der Waals surface area contributed by atoms with Crippen LogP contribution in [0.1, 0.15) is 5.69 Å². The SMILES string of the molecule is CNc1cc(C(F)(F)F)nc2c(Cl)ccc(F)c12. The molecule has 2 nitrogen and oxygen atoms in total. The van der Waals surface area contributed by atoms with Gasteiger partial charge in [0.2, 0.25) is 0 Å². The highest BCUT2D eigenvalue weighted by atomic mass is 35.5. The molecular weight excluding hydrogens is 272 g/mol. The molecule has 0 radical (unpaired) electrons. The van der Waals surface area contributed by atoms with Gasteiger partial charge in [-0.1, -0.05) is 11.6 Å². The highest BCUT2D eigenvalue weighted by molar-refractivity contribution is 6.35. The summed E-state index contributed by atoms with van der Waals surface area (Å²) in [6.07, 6.45) is -4.62. The molecule has 2 rings (SSSR count). The van der Waals surface area contributed by atoms with E-state index >= 15 is 0 Å². The van der Waals surface area contributed by atoms with E-state index in [0.717, 1.165) is 12.1 Å². The molecule has 0 amide bonds. The van der Waals surface area contributed by atoms with Crippen LogP contribution in [0.2, 0.25) is 5.02 Å². The van der Waals surface area contributed by atoms with Gasteiger partial charge < -0.3 is 5.32 Å². The van der Waals surface area contributed by atoms with E-state index in [1.54, 1.807) is 0 Å². The van der Waals surface area contributed by atoms with Crippen molar-refractivity contribution >= 4 is 28.2 Å². The largest absolute Gasteiger partial charge is 0.433 e. The number of hydrogen-bond acceptors (Lipinski definition) is 2. The second kappa shape index (κ2) is 4.28. The molecule has 1 aromatic heterocycles. The molecule has 0 aliphatic carbocycles. The molecule has 0 aliphatic rings. The third-order valence-electron chi connectivity index (χ3n) is 2.42. The Bertz CT molecular complexity index is 610. The van der Waals surface area contributed by atoms with Gasteiger partial charge in [0.25, 0.3) is 0 Å². The Balaban J connectivity index is 2.88. The standard InChI is InChI=1S/C11H7ClF4N2/c1-17-7-4-8(11(14,15)16)18-10-5(12)2-3-6(13)9(7)10/h2-4H,1H3,(H,17,18). The van der Waals surface area contributed by atoms with Crippen molar-refractivity contribution in [3.05, 3.63) is 34.7 Å². The maximum atomic E-state index is 13.6. The zero-order chi connectivity index (χ0) is 13.5. The van der Waals surface area contributed by atoms with E-state index in [-0.39, 0.29) is 21.6 Å². The summed E-state index contributed by atoms with van der Waals surface area (Å²) in [6, 6.07) is 3.01. The summed E-state index contributed by atoms with van der Waals surface area (Å²) in [4.78, 5) is 3.38. The average Bonchev–Trinajstić information content (AvgIpc) is 2.31. The first-order chi connectivity index (χ1) is 8.34. The topological polar surface area (TPSA) is 24.9 Å². The quantitative estimate of drug-likeness (QED) is 0.795. The lowest BCUT2D eigenvalue weighted by Gasteiger charge is -2.12. The van der Waals surface area contributed by atoms with Crippen molar-refractivity contribution in [2.24, 2.45) is 0 Å². The third kappa shape index (κ3) is 2.08. The Morgan fingerprint density at radius 2 is 1.94 bits per heavy atom. The summed E-state index contributed by atoms with van der Waals surface area (Å²) >= 11 is 5.76. The fourth-order valence-corrected chi connectivity index (χ4v) is 1.81. The van der Waals surface area contributed by atoms with Gasteiger partial charge in [-0.15, -0.1) is 0 Å². The van der Waals surface area contributed by atoms with Crippen molar-refractivity contribution in [2.45, 2.75) is 6.18 Å². The monoisotopic (exact) mass is 278 g/mol. The summed E-state index contributed by atoms with van der Waals surface area (Å²) in [5.41, 5.74) is -1.34. The summed E-state index contributed by atoms with van der Waals surface area (Å²) in [5.74, 6) is -0.681. The lowest BCUT2D eigenvalue weighted by atomic mass is 10.1. The summed E-state index contributed by atoms with van der Waals surface area (Å²) in [7, 11) is 1.40. The number of hydrogen-bond donors (Lipinski definition) is 1. The van der Waals surface area contributed by atoms with Crippen molar-refractivity contribution in [3.8, 4) is 0 Å². The molecule has 0 atom stereocenters. The van der Waals surface area contributed by atoms with Gasteiger partial charge in [0.15, 0.2) is 0 Å². The lowest BCUT2D eigenvalue weighted by molar-refractivity contribution is -0.140. The third-order valence-corrected chi connectivity index (χ3v) is 2.73. The van der Waals surface area contributed by atoms with Crippen LogP contribution in [0.15, 0.2) is 18.2 Å². The predicted octanol–water partition coefficient (Wildman–Crippen LogP) is 4.09. The van der Waals surface area contributed by atoms with E-state index in [1.165, 1.54) is 13.1 Å². The maximum absolute atomic E-state index is 13.6. The van der Waals surface area contributed by atoms with Crippen LogP contribution in [0.3, 0.4) is 0 Å². The maximum Gasteiger partial charge on any atom is 0.433 e. The minimum Gasteiger partial charge on any atom is -0.387 e. The van der Waals surface area contributed by atoms with Crippen LogP contribution >= 0.6 is 11.6 Å². The minimum absolute atomic E-state index is 0.00711. The molecule has 2 aromatic rings. The first-order valence-corrected chi connectivity index (χ1v) is 5.26. The Kier molecular flexibility index (Phi) is 3.06. The average molecular weight is 279 g/mol. The molecule has 0 unspecified atom stereocenters. The molecule has 0 fully saturated rings. The predicted molar refractivity (Wildman–Crippen MR) is 61.3 cm³/mol. The van der Waals surface area contributed by atoms with Crippen molar-refractivity contribution < 1.29 is 17.6 Å². The van der Waals surface area contributed by atoms with Gasteiger partial charge in [0.1, 0.15) is 11.5 Å². The fourth-order valence-electron chi connectivity index (χ4n) is 1.61. The molecule has 0 saturated carbocycles. The Hall–Kier alpha value is -1.56. The van der Waals surface area contributed by atoms with Crippen LogP contribution in [0.4, 0.5) is 23.2 Å². The molecule has 1 N–H and O–H groups in total. The van der Waals surface area contributed by atoms with E-state index in [4.69, 9.17) is 11.6 Å². The fraction of sp³-hybridized carbons (Fsp3) is 0.182. The molecular formula is C11H7ClF4N2. The highest BCUT2D eigenvalue weighted by Gasteiger charge is 2.33. The Morgan fingerprint density at radius 1 is 1.28 bits per heavy atom. The highest BCUT2D eigenvalue weighted by Crippen LogP contribution is 2.36. The molecule has 7 heteroatoms. The second-order valence-corrected chi connectivity index (χ2v) is 3.96. The van der Waals surface area contributed by atoms with Crippen LogP contribution in [0.25, 0.3) is 10.9 Å². The number of alkyl halides is 3. The molecule has 18 heavy (non-hydrogen) atoms. The van der Waals surface area contributed by atoms with Crippen molar-refractivity contribution in [1.82, 2.24) is 4.98 Å². The first kappa shape index (κ1) is 12.9. The zero-order valence-corrected chi connectivity index (χ0v) is 9.83. The Labute approximate surface area is 105 Å². The molecule has 0 aliphatic heterocycles. The smallest absolute Gasteiger partial charge is 0.387 e. The second-order valence-electron chi connectivity index (χ2n) is 3.56. The minimum atomic E-state index is -4.62. The van der Waals surface area contributed by atoms with E-state index in [2.05, 4.69) is 10.3 Å². The molecule has 1 aromatic carbocycles. The number of fused-ring (bicyclic) bond motifs is 1. The molecule has 1 heterocycles. The summed E-state index contributed by atoms with van der Waals surface area (Å²) in [5, 5.41) is 2.42. The number of rotatable bonds is 1. The van der Waals surface area contributed by atoms with Crippen molar-refractivity contribution in [2.75, 3.05) is 12.4 Å². The van der Waals surface area contributed by atoms with E-state index in [0.29, 0.717) is 0 Å². The number of nitrogens with one attached hydrogen (secondary N) is 1. The normalized spacial score (nSPS) is 11.9.